The van der Waals surface area contributed by atoms with Gasteiger partial charge in [0.15, 0.2) is 0 Å². The summed E-state index contributed by atoms with van der Waals surface area (Å²) < 4.78 is 18.7. The lowest BCUT2D eigenvalue weighted by Crippen LogP contribution is -2.19. The maximum absolute atomic E-state index is 13.0. The standard InChI is InChI=1S/C21H22FN5O2/c1-12-13(2)25-20(24-3)18(12)19(23)29-17-6-4-5-16(11-17)27-21(28)26-15-9-7-14(22)8-10-15/h4-11,23-25H,1-3H3,(H2,26,27,28). The Morgan fingerprint density at radius 1 is 1.07 bits per heavy atom. The molecular formula is C21H22FN5O2. The van der Waals surface area contributed by atoms with Gasteiger partial charge in [-0.05, 0) is 55.8 Å². The molecule has 0 bridgehead atoms. The first-order chi connectivity index (χ1) is 13.9. The van der Waals surface area contributed by atoms with Crippen LogP contribution in [0.15, 0.2) is 48.5 Å². The summed E-state index contributed by atoms with van der Waals surface area (Å²) in [6, 6.07) is 11.7. The zero-order chi connectivity index (χ0) is 21.0. The number of aromatic nitrogens is 1. The van der Waals surface area contributed by atoms with Crippen molar-refractivity contribution in [2.75, 3.05) is 23.0 Å². The molecule has 0 aliphatic carbocycles. The van der Waals surface area contributed by atoms with Crippen molar-refractivity contribution < 1.29 is 13.9 Å². The van der Waals surface area contributed by atoms with E-state index in [4.69, 9.17) is 10.1 Å². The normalized spacial score (nSPS) is 10.3. The van der Waals surface area contributed by atoms with Crippen LogP contribution in [-0.4, -0.2) is 24.0 Å². The van der Waals surface area contributed by atoms with Crippen LogP contribution in [0.5, 0.6) is 5.75 Å². The molecule has 8 heteroatoms. The molecule has 0 aliphatic heterocycles. The lowest BCUT2D eigenvalue weighted by Gasteiger charge is -2.11. The number of urea groups is 1. The van der Waals surface area contributed by atoms with E-state index in [0.29, 0.717) is 28.5 Å². The molecule has 0 radical (unpaired) electrons. The minimum atomic E-state index is -0.474. The molecule has 2 aromatic carbocycles. The van der Waals surface area contributed by atoms with Gasteiger partial charge in [0.1, 0.15) is 17.4 Å². The van der Waals surface area contributed by atoms with Gasteiger partial charge in [0, 0.05) is 30.2 Å². The zero-order valence-corrected chi connectivity index (χ0v) is 16.3. The van der Waals surface area contributed by atoms with Crippen LogP contribution in [0.4, 0.5) is 26.4 Å². The van der Waals surface area contributed by atoms with Gasteiger partial charge in [0.25, 0.3) is 0 Å². The second-order valence-corrected chi connectivity index (χ2v) is 6.42. The first-order valence-electron chi connectivity index (χ1n) is 8.94. The number of benzene rings is 2. The van der Waals surface area contributed by atoms with Gasteiger partial charge in [0.05, 0.1) is 5.56 Å². The number of amides is 2. The average molecular weight is 395 g/mol. The molecule has 0 atom stereocenters. The Labute approximate surface area is 167 Å². The highest BCUT2D eigenvalue weighted by Gasteiger charge is 2.17. The van der Waals surface area contributed by atoms with Crippen molar-refractivity contribution in [1.29, 1.82) is 5.41 Å². The van der Waals surface area contributed by atoms with Gasteiger partial charge < -0.3 is 25.7 Å². The van der Waals surface area contributed by atoms with E-state index in [1.807, 2.05) is 13.8 Å². The highest BCUT2D eigenvalue weighted by molar-refractivity contribution is 6.01. The smallest absolute Gasteiger partial charge is 0.323 e. The number of H-pyrrole nitrogens is 1. The molecule has 1 heterocycles. The monoisotopic (exact) mass is 395 g/mol. The van der Waals surface area contributed by atoms with Crippen molar-refractivity contribution in [2.24, 2.45) is 0 Å². The molecule has 0 aliphatic rings. The molecule has 0 saturated heterocycles. The minimum absolute atomic E-state index is 0.0101. The van der Waals surface area contributed by atoms with Gasteiger partial charge in [-0.25, -0.2) is 9.18 Å². The highest BCUT2D eigenvalue weighted by Crippen LogP contribution is 2.25. The van der Waals surface area contributed by atoms with Crippen LogP contribution in [0.25, 0.3) is 0 Å². The summed E-state index contributed by atoms with van der Waals surface area (Å²) in [6.07, 6.45) is 0. The predicted octanol–water partition coefficient (Wildman–Crippen LogP) is 4.86. The van der Waals surface area contributed by atoms with Gasteiger partial charge in [-0.3, -0.25) is 5.41 Å². The fourth-order valence-electron chi connectivity index (χ4n) is 2.82. The van der Waals surface area contributed by atoms with E-state index in [-0.39, 0.29) is 11.7 Å². The summed E-state index contributed by atoms with van der Waals surface area (Å²) in [6.45, 7) is 3.84. The van der Waals surface area contributed by atoms with Gasteiger partial charge in [-0.15, -0.1) is 0 Å². The third-order valence-electron chi connectivity index (χ3n) is 4.39. The summed E-state index contributed by atoms with van der Waals surface area (Å²) in [5.41, 5.74) is 3.48. The second-order valence-electron chi connectivity index (χ2n) is 6.42. The van der Waals surface area contributed by atoms with Gasteiger partial charge in [-0.2, -0.15) is 0 Å². The van der Waals surface area contributed by atoms with Gasteiger partial charge in [-0.1, -0.05) is 6.07 Å². The SMILES string of the molecule is CNc1[nH]c(C)c(C)c1C(=N)Oc1cccc(NC(=O)Nc2ccc(F)cc2)c1. The van der Waals surface area contributed by atoms with Crippen molar-refractivity contribution in [3.8, 4) is 5.75 Å². The Kier molecular flexibility index (Phi) is 5.82. The van der Waals surface area contributed by atoms with Crippen LogP contribution in [0.2, 0.25) is 0 Å². The fraction of sp³-hybridized carbons (Fsp3) is 0.143. The van der Waals surface area contributed by atoms with Crippen LogP contribution >= 0.6 is 0 Å². The Hall–Kier alpha value is -3.81. The lowest BCUT2D eigenvalue weighted by molar-refractivity contribution is 0.262. The Morgan fingerprint density at radius 3 is 2.45 bits per heavy atom. The first kappa shape index (κ1) is 19.9. The molecule has 5 N–H and O–H groups in total. The number of aryl methyl sites for hydroxylation is 1. The molecule has 0 saturated carbocycles. The fourth-order valence-corrected chi connectivity index (χ4v) is 2.82. The number of aromatic amines is 1. The maximum atomic E-state index is 13.0. The molecule has 1 aromatic heterocycles. The number of halogens is 1. The molecule has 7 nitrogen and oxygen atoms in total. The molecule has 29 heavy (non-hydrogen) atoms. The van der Waals surface area contributed by atoms with Crippen LogP contribution in [-0.2, 0) is 0 Å². The maximum Gasteiger partial charge on any atom is 0.323 e. The number of ether oxygens (including phenoxy) is 1. The van der Waals surface area contributed by atoms with Crippen LogP contribution in [0, 0.1) is 25.1 Å². The van der Waals surface area contributed by atoms with Gasteiger partial charge in [0.2, 0.25) is 5.90 Å². The average Bonchev–Trinajstić information content (AvgIpc) is 2.98. The summed E-state index contributed by atoms with van der Waals surface area (Å²) >= 11 is 0. The number of anilines is 3. The molecule has 0 spiro atoms. The van der Waals surface area contributed by atoms with E-state index in [0.717, 1.165) is 11.3 Å². The van der Waals surface area contributed by atoms with E-state index >= 15 is 0 Å². The van der Waals surface area contributed by atoms with Crippen LogP contribution in [0.3, 0.4) is 0 Å². The summed E-state index contributed by atoms with van der Waals surface area (Å²) in [5.74, 6) is 0.731. The molecule has 150 valence electrons. The number of hydrogen-bond donors (Lipinski definition) is 5. The number of carbonyl (C=O) groups excluding carboxylic acids is 1. The third kappa shape index (κ3) is 4.73. The quantitative estimate of drug-likeness (QED) is 0.315. The summed E-state index contributed by atoms with van der Waals surface area (Å²) in [5, 5.41) is 16.7. The molecular weight excluding hydrogens is 373 g/mol. The van der Waals surface area contributed by atoms with Crippen molar-refractivity contribution in [1.82, 2.24) is 4.98 Å². The zero-order valence-electron chi connectivity index (χ0n) is 16.3. The van der Waals surface area contributed by atoms with E-state index in [1.54, 1.807) is 31.3 Å². The van der Waals surface area contributed by atoms with Crippen molar-refractivity contribution in [2.45, 2.75) is 13.8 Å². The minimum Gasteiger partial charge on any atom is -0.439 e. The topological polar surface area (TPSA) is 102 Å². The molecule has 3 rings (SSSR count). The first-order valence-corrected chi connectivity index (χ1v) is 8.94. The number of hydrogen-bond acceptors (Lipinski definition) is 4. The Morgan fingerprint density at radius 2 is 1.76 bits per heavy atom. The summed E-state index contributed by atoms with van der Waals surface area (Å²) in [7, 11) is 1.77. The van der Waals surface area contributed by atoms with Crippen LogP contribution < -0.4 is 20.7 Å². The Balaban J connectivity index is 1.68. The number of nitrogens with one attached hydrogen (secondary N) is 5. The van der Waals surface area contributed by atoms with Crippen molar-refractivity contribution in [3.05, 3.63) is 71.2 Å². The van der Waals surface area contributed by atoms with Crippen molar-refractivity contribution in [3.63, 3.8) is 0 Å². The molecule has 3 aromatic rings. The second kappa shape index (κ2) is 8.47. The van der Waals surface area contributed by atoms with Crippen molar-refractivity contribution >= 4 is 29.1 Å². The molecule has 0 unspecified atom stereocenters. The number of carbonyl (C=O) groups is 1. The molecule has 2 amide bonds. The Bertz CT molecular complexity index is 1040. The highest BCUT2D eigenvalue weighted by atomic mass is 19.1. The van der Waals surface area contributed by atoms with E-state index in [9.17, 15) is 9.18 Å². The molecule has 0 fully saturated rings. The van der Waals surface area contributed by atoms with E-state index < -0.39 is 6.03 Å². The third-order valence-corrected chi connectivity index (χ3v) is 4.39. The van der Waals surface area contributed by atoms with Crippen LogP contribution in [0.1, 0.15) is 16.8 Å². The predicted molar refractivity (Wildman–Crippen MR) is 113 cm³/mol. The van der Waals surface area contributed by atoms with Gasteiger partial charge >= 0.3 is 6.03 Å². The van der Waals surface area contributed by atoms with E-state index in [1.165, 1.54) is 24.3 Å². The summed E-state index contributed by atoms with van der Waals surface area (Å²) in [4.78, 5) is 15.3. The lowest BCUT2D eigenvalue weighted by atomic mass is 10.1. The number of rotatable bonds is 5. The largest absolute Gasteiger partial charge is 0.439 e. The van der Waals surface area contributed by atoms with E-state index in [2.05, 4.69) is 20.9 Å².